The third-order valence-corrected chi connectivity index (χ3v) is 4.98. The molecule has 0 aliphatic rings. The Bertz CT molecular complexity index is 921. The smallest absolute Gasteiger partial charge is 0.251 e. The van der Waals surface area contributed by atoms with Crippen LogP contribution in [0.5, 0.6) is 0 Å². The zero-order valence-electron chi connectivity index (χ0n) is 15.1. The van der Waals surface area contributed by atoms with E-state index >= 15 is 0 Å². The lowest BCUT2D eigenvalue weighted by atomic mass is 10.0. The van der Waals surface area contributed by atoms with E-state index in [1.807, 2.05) is 56.3 Å². The highest BCUT2D eigenvalue weighted by atomic mass is 32.1. The van der Waals surface area contributed by atoms with E-state index in [4.69, 9.17) is 0 Å². The monoisotopic (exact) mass is 380 g/mol. The molecule has 1 heterocycles. The number of nitrogens with one attached hydrogen (secondary N) is 2. The Labute approximate surface area is 161 Å². The summed E-state index contributed by atoms with van der Waals surface area (Å²) in [6.45, 7) is 3.89. The van der Waals surface area contributed by atoms with Gasteiger partial charge in [-0.2, -0.15) is 0 Å². The van der Waals surface area contributed by atoms with E-state index in [1.54, 1.807) is 12.1 Å². The number of benzene rings is 2. The number of carbonyl (C=O) groups excluding carboxylic acids is 2. The van der Waals surface area contributed by atoms with E-state index < -0.39 is 0 Å². The minimum atomic E-state index is -0.337. The molecule has 0 bridgehead atoms. The van der Waals surface area contributed by atoms with Crippen LogP contribution in [0.25, 0.3) is 11.1 Å². The van der Waals surface area contributed by atoms with E-state index in [0.717, 1.165) is 16.1 Å². The molecule has 2 N–H and O–H groups in total. The Hall–Kier alpha value is -3.06. The van der Waals surface area contributed by atoms with Crippen LogP contribution >= 0.6 is 11.3 Å². The Balaban J connectivity index is 1.53. The molecule has 2 amide bonds. The number of aromatic nitrogens is 2. The predicted octanol–water partition coefficient (Wildman–Crippen LogP) is 3.70. The van der Waals surface area contributed by atoms with E-state index in [0.29, 0.717) is 10.7 Å². The van der Waals surface area contributed by atoms with Gasteiger partial charge in [0, 0.05) is 11.5 Å². The van der Waals surface area contributed by atoms with Crippen LogP contribution in [0.15, 0.2) is 54.6 Å². The van der Waals surface area contributed by atoms with Crippen LogP contribution in [0.2, 0.25) is 0 Å². The lowest BCUT2D eigenvalue weighted by Gasteiger charge is -2.06. The third-order valence-electron chi connectivity index (χ3n) is 3.84. The summed E-state index contributed by atoms with van der Waals surface area (Å²) in [4.78, 5) is 24.2. The molecule has 3 rings (SSSR count). The van der Waals surface area contributed by atoms with Crippen molar-refractivity contribution in [1.82, 2.24) is 15.5 Å². The summed E-state index contributed by atoms with van der Waals surface area (Å²) in [7, 11) is 0. The fraction of sp³-hybridized carbons (Fsp3) is 0.200. The SMILES string of the molecule is CC(C)c1nnc(NC(=O)CNC(=O)c2ccc(-c3ccccc3)cc2)s1. The summed E-state index contributed by atoms with van der Waals surface area (Å²) in [5.74, 6) is -0.382. The molecule has 0 radical (unpaired) electrons. The summed E-state index contributed by atoms with van der Waals surface area (Å²) >= 11 is 1.33. The molecule has 0 saturated carbocycles. The van der Waals surface area contributed by atoms with Crippen LogP contribution in [0, 0.1) is 0 Å². The number of hydrogen-bond acceptors (Lipinski definition) is 5. The molecule has 6 nitrogen and oxygen atoms in total. The van der Waals surface area contributed by atoms with E-state index in [2.05, 4.69) is 20.8 Å². The summed E-state index contributed by atoms with van der Waals surface area (Å²) in [5, 5.41) is 14.5. The van der Waals surface area contributed by atoms with Gasteiger partial charge >= 0.3 is 0 Å². The largest absolute Gasteiger partial charge is 0.343 e. The Morgan fingerprint density at radius 1 is 0.963 bits per heavy atom. The van der Waals surface area contributed by atoms with Crippen molar-refractivity contribution in [3.63, 3.8) is 0 Å². The summed E-state index contributed by atoms with van der Waals surface area (Å²) in [6, 6.07) is 17.2. The van der Waals surface area contributed by atoms with Crippen molar-refractivity contribution < 1.29 is 9.59 Å². The molecule has 0 spiro atoms. The second-order valence-corrected chi connectivity index (χ2v) is 7.28. The second kappa shape index (κ2) is 8.55. The molecule has 7 heteroatoms. The zero-order valence-corrected chi connectivity index (χ0v) is 15.9. The Morgan fingerprint density at radius 2 is 1.63 bits per heavy atom. The van der Waals surface area contributed by atoms with Crippen LogP contribution in [-0.2, 0) is 4.79 Å². The first kappa shape index (κ1) is 18.7. The lowest BCUT2D eigenvalue weighted by Crippen LogP contribution is -2.32. The minimum Gasteiger partial charge on any atom is -0.343 e. The number of nitrogens with zero attached hydrogens (tertiary/aromatic N) is 2. The molecular formula is C20H20N4O2S. The summed E-state index contributed by atoms with van der Waals surface area (Å²) in [6.07, 6.45) is 0. The van der Waals surface area contributed by atoms with Gasteiger partial charge in [-0.05, 0) is 23.3 Å². The molecule has 0 fully saturated rings. The first-order valence-electron chi connectivity index (χ1n) is 8.60. The van der Waals surface area contributed by atoms with Gasteiger partial charge in [0.25, 0.3) is 5.91 Å². The molecule has 0 unspecified atom stereocenters. The average Bonchev–Trinajstić information content (AvgIpc) is 3.16. The number of amides is 2. The number of hydrogen-bond donors (Lipinski definition) is 2. The van der Waals surface area contributed by atoms with Crippen molar-refractivity contribution in [2.75, 3.05) is 11.9 Å². The van der Waals surface area contributed by atoms with Crippen LogP contribution in [0.4, 0.5) is 5.13 Å². The molecule has 0 saturated heterocycles. The van der Waals surface area contributed by atoms with Gasteiger partial charge in [-0.15, -0.1) is 10.2 Å². The van der Waals surface area contributed by atoms with Crippen molar-refractivity contribution in [3.05, 3.63) is 65.2 Å². The third kappa shape index (κ3) is 4.98. The van der Waals surface area contributed by atoms with Gasteiger partial charge in [-0.3, -0.25) is 14.9 Å². The maximum Gasteiger partial charge on any atom is 0.251 e. The fourth-order valence-electron chi connectivity index (χ4n) is 2.39. The zero-order chi connectivity index (χ0) is 19.2. The number of rotatable bonds is 6. The molecule has 1 aromatic heterocycles. The molecule has 0 aliphatic heterocycles. The van der Waals surface area contributed by atoms with Gasteiger partial charge in [-0.25, -0.2) is 0 Å². The highest BCUT2D eigenvalue weighted by molar-refractivity contribution is 7.15. The van der Waals surface area contributed by atoms with Crippen LogP contribution in [-0.4, -0.2) is 28.6 Å². The van der Waals surface area contributed by atoms with Gasteiger partial charge in [0.2, 0.25) is 11.0 Å². The van der Waals surface area contributed by atoms with Crippen molar-refractivity contribution in [2.24, 2.45) is 0 Å². The van der Waals surface area contributed by atoms with Gasteiger partial charge in [-0.1, -0.05) is 67.6 Å². The van der Waals surface area contributed by atoms with Crippen molar-refractivity contribution in [3.8, 4) is 11.1 Å². The quantitative estimate of drug-likeness (QED) is 0.683. The first-order valence-corrected chi connectivity index (χ1v) is 9.41. The predicted molar refractivity (Wildman–Crippen MR) is 107 cm³/mol. The number of carbonyl (C=O) groups is 2. The minimum absolute atomic E-state index is 0.129. The van der Waals surface area contributed by atoms with Crippen molar-refractivity contribution >= 4 is 28.3 Å². The highest BCUT2D eigenvalue weighted by Crippen LogP contribution is 2.22. The average molecular weight is 380 g/mol. The molecule has 0 aliphatic carbocycles. The molecule has 0 atom stereocenters. The second-order valence-electron chi connectivity index (χ2n) is 6.27. The van der Waals surface area contributed by atoms with Gasteiger partial charge in [0.15, 0.2) is 0 Å². The fourth-order valence-corrected chi connectivity index (χ4v) is 3.15. The molecule has 138 valence electrons. The maximum atomic E-state index is 12.2. The lowest BCUT2D eigenvalue weighted by molar-refractivity contribution is -0.115. The van der Waals surface area contributed by atoms with E-state index in [-0.39, 0.29) is 24.3 Å². The Kier molecular flexibility index (Phi) is 5.93. The number of anilines is 1. The topological polar surface area (TPSA) is 84.0 Å². The van der Waals surface area contributed by atoms with Crippen molar-refractivity contribution in [2.45, 2.75) is 19.8 Å². The maximum absolute atomic E-state index is 12.2. The molecular weight excluding hydrogens is 360 g/mol. The van der Waals surface area contributed by atoms with E-state index in [1.165, 1.54) is 11.3 Å². The van der Waals surface area contributed by atoms with E-state index in [9.17, 15) is 9.59 Å². The molecule has 3 aromatic rings. The van der Waals surface area contributed by atoms with Crippen LogP contribution in [0.1, 0.15) is 35.1 Å². The normalized spacial score (nSPS) is 10.6. The van der Waals surface area contributed by atoms with Crippen LogP contribution in [0.3, 0.4) is 0 Å². The summed E-state index contributed by atoms with van der Waals surface area (Å²) in [5.41, 5.74) is 2.62. The van der Waals surface area contributed by atoms with Gasteiger partial charge < -0.3 is 5.32 Å². The van der Waals surface area contributed by atoms with Gasteiger partial charge in [0.1, 0.15) is 5.01 Å². The molecule has 2 aromatic carbocycles. The summed E-state index contributed by atoms with van der Waals surface area (Å²) < 4.78 is 0. The van der Waals surface area contributed by atoms with Crippen molar-refractivity contribution in [1.29, 1.82) is 0 Å². The highest BCUT2D eigenvalue weighted by Gasteiger charge is 2.12. The first-order chi connectivity index (χ1) is 13.0. The Morgan fingerprint density at radius 3 is 2.26 bits per heavy atom. The van der Waals surface area contributed by atoms with Gasteiger partial charge in [0.05, 0.1) is 6.54 Å². The molecule has 27 heavy (non-hydrogen) atoms. The standard InChI is InChI=1S/C20H20N4O2S/c1-13(2)19-23-24-20(27-19)22-17(25)12-21-18(26)16-10-8-15(9-11-16)14-6-4-3-5-7-14/h3-11,13H,12H2,1-2H3,(H,21,26)(H,22,24,25). The van der Waals surface area contributed by atoms with Crippen LogP contribution < -0.4 is 10.6 Å².